The third-order valence-corrected chi connectivity index (χ3v) is 3.62. The number of hydrogen-bond acceptors (Lipinski definition) is 2. The van der Waals surface area contributed by atoms with E-state index in [1.54, 1.807) is 7.11 Å². The zero-order valence-electron chi connectivity index (χ0n) is 12.5. The van der Waals surface area contributed by atoms with Crippen LogP contribution in [0, 0.1) is 5.41 Å². The first-order valence-corrected chi connectivity index (χ1v) is 7.27. The lowest BCUT2D eigenvalue weighted by atomic mass is 9.89. The van der Waals surface area contributed by atoms with Gasteiger partial charge in [-0.05, 0) is 42.9 Å². The molecule has 0 aliphatic heterocycles. The largest absolute Gasteiger partial charge is 0.385 e. The van der Waals surface area contributed by atoms with Gasteiger partial charge in [0.15, 0.2) is 0 Å². The van der Waals surface area contributed by atoms with Gasteiger partial charge in [-0.15, -0.1) is 0 Å². The molecule has 1 N–H and O–H groups in total. The third-order valence-electron chi connectivity index (χ3n) is 3.37. The van der Waals surface area contributed by atoms with Gasteiger partial charge in [0, 0.05) is 31.3 Å². The molecule has 0 saturated carbocycles. The summed E-state index contributed by atoms with van der Waals surface area (Å²) in [5.41, 5.74) is 1.59. The topological polar surface area (TPSA) is 21.3 Å². The number of ether oxygens (including phenoxy) is 1. The highest BCUT2D eigenvalue weighted by molar-refractivity contribution is 6.30. The normalized spacial score (nSPS) is 13.5. The highest BCUT2D eigenvalue weighted by Gasteiger charge is 2.18. The Morgan fingerprint density at radius 1 is 1.26 bits per heavy atom. The third kappa shape index (κ3) is 6.95. The van der Waals surface area contributed by atoms with Crippen LogP contribution in [0.3, 0.4) is 0 Å². The molecular weight excluding hydrogens is 258 g/mol. The van der Waals surface area contributed by atoms with Crippen molar-refractivity contribution in [2.24, 2.45) is 5.41 Å². The first-order valence-electron chi connectivity index (χ1n) is 6.90. The lowest BCUT2D eigenvalue weighted by Crippen LogP contribution is -2.37. The van der Waals surface area contributed by atoms with Crippen molar-refractivity contribution in [2.45, 2.75) is 39.7 Å². The summed E-state index contributed by atoms with van der Waals surface area (Å²) in [5, 5.41) is 4.40. The Labute approximate surface area is 122 Å². The van der Waals surface area contributed by atoms with E-state index < -0.39 is 0 Å². The van der Waals surface area contributed by atoms with E-state index in [4.69, 9.17) is 16.3 Å². The molecule has 3 heteroatoms. The number of methoxy groups -OCH3 is 1. The first-order chi connectivity index (χ1) is 8.93. The van der Waals surface area contributed by atoms with Crippen molar-refractivity contribution in [1.82, 2.24) is 5.32 Å². The fourth-order valence-corrected chi connectivity index (χ4v) is 2.09. The Hall–Kier alpha value is -0.570. The zero-order valence-corrected chi connectivity index (χ0v) is 13.3. The van der Waals surface area contributed by atoms with Crippen LogP contribution < -0.4 is 5.32 Å². The molecule has 0 fully saturated rings. The second kappa shape index (κ2) is 7.88. The molecule has 1 atom stereocenters. The minimum absolute atomic E-state index is 0.268. The molecule has 1 aromatic carbocycles. The Kier molecular flexibility index (Phi) is 6.84. The van der Waals surface area contributed by atoms with Gasteiger partial charge in [0.05, 0.1) is 0 Å². The second-order valence-electron chi connectivity index (χ2n) is 6.02. The molecule has 2 nitrogen and oxygen atoms in total. The van der Waals surface area contributed by atoms with Crippen molar-refractivity contribution >= 4 is 11.6 Å². The SMILES string of the molecule is COCCC(C)(C)CNC(C)Cc1ccc(Cl)cc1. The summed E-state index contributed by atoms with van der Waals surface area (Å²) in [6.45, 7) is 8.59. The van der Waals surface area contributed by atoms with Crippen LogP contribution in [0.1, 0.15) is 32.8 Å². The Morgan fingerprint density at radius 3 is 2.47 bits per heavy atom. The van der Waals surface area contributed by atoms with Gasteiger partial charge in [0.2, 0.25) is 0 Å². The fraction of sp³-hybridized carbons (Fsp3) is 0.625. The Morgan fingerprint density at radius 2 is 1.89 bits per heavy atom. The Balaban J connectivity index is 2.34. The maximum Gasteiger partial charge on any atom is 0.0467 e. The van der Waals surface area contributed by atoms with Crippen molar-refractivity contribution in [3.05, 3.63) is 34.9 Å². The van der Waals surface area contributed by atoms with E-state index in [0.29, 0.717) is 6.04 Å². The molecule has 0 aliphatic carbocycles. The van der Waals surface area contributed by atoms with Crippen LogP contribution in [0.5, 0.6) is 0 Å². The molecule has 0 bridgehead atoms. The van der Waals surface area contributed by atoms with Gasteiger partial charge in [-0.1, -0.05) is 37.6 Å². The van der Waals surface area contributed by atoms with Crippen molar-refractivity contribution in [3.8, 4) is 0 Å². The number of nitrogens with one attached hydrogen (secondary N) is 1. The molecule has 1 aromatic rings. The molecule has 0 amide bonds. The maximum atomic E-state index is 5.89. The zero-order chi connectivity index (χ0) is 14.3. The number of rotatable bonds is 8. The molecule has 0 radical (unpaired) electrons. The molecule has 0 aliphatic rings. The summed E-state index contributed by atoms with van der Waals surface area (Å²) in [7, 11) is 1.76. The summed E-state index contributed by atoms with van der Waals surface area (Å²) in [6.07, 6.45) is 2.10. The van der Waals surface area contributed by atoms with Crippen LogP contribution >= 0.6 is 11.6 Å². The average molecular weight is 284 g/mol. The fourth-order valence-electron chi connectivity index (χ4n) is 1.96. The van der Waals surface area contributed by atoms with E-state index in [-0.39, 0.29) is 5.41 Å². The smallest absolute Gasteiger partial charge is 0.0467 e. The molecule has 108 valence electrons. The van der Waals surface area contributed by atoms with Crippen LogP contribution in [-0.2, 0) is 11.2 Å². The monoisotopic (exact) mass is 283 g/mol. The van der Waals surface area contributed by atoms with Gasteiger partial charge in [0.1, 0.15) is 0 Å². The number of benzene rings is 1. The standard InChI is InChI=1S/C16H26ClNO/c1-13(11-14-5-7-15(17)8-6-14)18-12-16(2,3)9-10-19-4/h5-8,13,18H,9-12H2,1-4H3. The summed E-state index contributed by atoms with van der Waals surface area (Å²) in [6, 6.07) is 8.55. The van der Waals surface area contributed by atoms with Crippen molar-refractivity contribution in [1.29, 1.82) is 0 Å². The van der Waals surface area contributed by atoms with Crippen molar-refractivity contribution in [2.75, 3.05) is 20.3 Å². The van der Waals surface area contributed by atoms with E-state index in [2.05, 4.69) is 38.2 Å². The van der Waals surface area contributed by atoms with E-state index in [1.165, 1.54) is 5.56 Å². The molecule has 0 saturated heterocycles. The summed E-state index contributed by atoms with van der Waals surface area (Å²) < 4.78 is 5.15. The van der Waals surface area contributed by atoms with Crippen molar-refractivity contribution in [3.63, 3.8) is 0 Å². The molecule has 0 aromatic heterocycles. The van der Waals surface area contributed by atoms with Gasteiger partial charge in [0.25, 0.3) is 0 Å². The average Bonchev–Trinajstić information content (AvgIpc) is 2.37. The molecule has 19 heavy (non-hydrogen) atoms. The predicted molar refractivity (Wildman–Crippen MR) is 82.9 cm³/mol. The van der Waals surface area contributed by atoms with E-state index in [9.17, 15) is 0 Å². The molecule has 1 unspecified atom stereocenters. The van der Waals surface area contributed by atoms with Crippen LogP contribution in [0.15, 0.2) is 24.3 Å². The molecule has 0 heterocycles. The van der Waals surface area contributed by atoms with Crippen LogP contribution in [-0.4, -0.2) is 26.3 Å². The summed E-state index contributed by atoms with van der Waals surface area (Å²) >= 11 is 5.89. The lowest BCUT2D eigenvalue weighted by molar-refractivity contribution is 0.149. The van der Waals surface area contributed by atoms with Gasteiger partial charge in [-0.3, -0.25) is 0 Å². The summed E-state index contributed by atoms with van der Waals surface area (Å²) in [5.74, 6) is 0. The highest BCUT2D eigenvalue weighted by atomic mass is 35.5. The van der Waals surface area contributed by atoms with E-state index in [1.807, 2.05) is 12.1 Å². The summed E-state index contributed by atoms with van der Waals surface area (Å²) in [4.78, 5) is 0. The second-order valence-corrected chi connectivity index (χ2v) is 6.46. The maximum absolute atomic E-state index is 5.89. The minimum atomic E-state index is 0.268. The van der Waals surface area contributed by atoms with E-state index in [0.717, 1.165) is 31.0 Å². The molecular formula is C16H26ClNO. The predicted octanol–water partition coefficient (Wildman–Crippen LogP) is 3.92. The highest BCUT2D eigenvalue weighted by Crippen LogP contribution is 2.19. The molecule has 1 rings (SSSR count). The van der Waals surface area contributed by atoms with Crippen LogP contribution in [0.4, 0.5) is 0 Å². The van der Waals surface area contributed by atoms with Crippen molar-refractivity contribution < 1.29 is 4.74 Å². The van der Waals surface area contributed by atoms with Gasteiger partial charge in [-0.2, -0.15) is 0 Å². The quantitative estimate of drug-likeness (QED) is 0.781. The van der Waals surface area contributed by atoms with Crippen LogP contribution in [0.2, 0.25) is 5.02 Å². The first kappa shape index (κ1) is 16.5. The van der Waals surface area contributed by atoms with Gasteiger partial charge >= 0.3 is 0 Å². The van der Waals surface area contributed by atoms with Crippen LogP contribution in [0.25, 0.3) is 0 Å². The van der Waals surface area contributed by atoms with Gasteiger partial charge < -0.3 is 10.1 Å². The lowest BCUT2D eigenvalue weighted by Gasteiger charge is -2.27. The number of halogens is 1. The number of hydrogen-bond donors (Lipinski definition) is 1. The van der Waals surface area contributed by atoms with E-state index >= 15 is 0 Å². The molecule has 0 spiro atoms. The Bertz CT molecular complexity index is 362. The minimum Gasteiger partial charge on any atom is -0.385 e. The van der Waals surface area contributed by atoms with Gasteiger partial charge in [-0.25, -0.2) is 0 Å².